The second-order valence-corrected chi connectivity index (χ2v) is 10.8. The molecule has 30 heavy (non-hydrogen) atoms. The van der Waals surface area contributed by atoms with Crippen molar-refractivity contribution in [3.8, 4) is 0 Å². The van der Waals surface area contributed by atoms with Crippen LogP contribution in [0.3, 0.4) is 0 Å². The van der Waals surface area contributed by atoms with Gasteiger partial charge in [-0.1, -0.05) is 60.8 Å². The molecular formula is C24H44N4O2. The normalized spacial score (nSPS) is 12.3. The lowest BCUT2D eigenvalue weighted by molar-refractivity contribution is -0.135. The number of amides is 2. The predicted octanol–water partition coefficient (Wildman–Crippen LogP) is 5.33. The summed E-state index contributed by atoms with van der Waals surface area (Å²) in [5.74, 6) is 0.875. The maximum Gasteiger partial charge on any atom is 0.245 e. The predicted molar refractivity (Wildman–Crippen MR) is 125 cm³/mol. The highest BCUT2D eigenvalue weighted by atomic mass is 16.2. The molecule has 1 N–H and O–H groups in total. The Kier molecular flexibility index (Phi) is 9.57. The Morgan fingerprint density at radius 1 is 1.10 bits per heavy atom. The van der Waals surface area contributed by atoms with E-state index in [1.54, 1.807) is 4.90 Å². The summed E-state index contributed by atoms with van der Waals surface area (Å²) in [5, 5.41) is 7.76. The second kappa shape index (κ2) is 11.0. The first-order valence-corrected chi connectivity index (χ1v) is 11.4. The van der Waals surface area contributed by atoms with Gasteiger partial charge in [-0.3, -0.25) is 9.59 Å². The molecule has 172 valence electrons. The van der Waals surface area contributed by atoms with Crippen molar-refractivity contribution in [3.63, 3.8) is 0 Å². The Bertz CT molecular complexity index is 693. The fourth-order valence-electron chi connectivity index (χ4n) is 3.26. The first kappa shape index (κ1) is 26.2. The van der Waals surface area contributed by atoms with Gasteiger partial charge in [0, 0.05) is 24.4 Å². The molecule has 1 aromatic rings. The smallest absolute Gasteiger partial charge is 0.245 e. The zero-order chi connectivity index (χ0) is 23.1. The Balaban J connectivity index is 2.93. The molecule has 0 unspecified atom stereocenters. The minimum atomic E-state index is -0.265. The van der Waals surface area contributed by atoms with Crippen LogP contribution in [0.25, 0.3) is 0 Å². The number of carbonyl (C=O) groups is 2. The maximum absolute atomic E-state index is 12.9. The molecular weight excluding hydrogens is 376 g/mol. The SMILES string of the molecule is CCCCCCC(=O)N(CC(=O)Nc1cc(C(C)(C)C)nn1C(C)(C)C)CC(C)C. The van der Waals surface area contributed by atoms with Gasteiger partial charge in [-0.2, -0.15) is 5.10 Å². The first-order chi connectivity index (χ1) is 13.8. The van der Waals surface area contributed by atoms with Crippen LogP contribution >= 0.6 is 0 Å². The quantitative estimate of drug-likeness (QED) is 0.520. The third-order valence-corrected chi connectivity index (χ3v) is 4.90. The minimum Gasteiger partial charge on any atom is -0.333 e. The summed E-state index contributed by atoms with van der Waals surface area (Å²) in [6, 6.07) is 1.95. The van der Waals surface area contributed by atoms with Crippen molar-refractivity contribution in [3.05, 3.63) is 11.8 Å². The molecule has 0 aliphatic heterocycles. The summed E-state index contributed by atoms with van der Waals surface area (Å²) in [7, 11) is 0. The van der Waals surface area contributed by atoms with E-state index < -0.39 is 0 Å². The molecule has 6 heteroatoms. The number of nitrogens with one attached hydrogen (secondary N) is 1. The van der Waals surface area contributed by atoms with Gasteiger partial charge in [0.1, 0.15) is 5.82 Å². The fraction of sp³-hybridized carbons (Fsp3) is 0.792. The van der Waals surface area contributed by atoms with E-state index >= 15 is 0 Å². The topological polar surface area (TPSA) is 67.2 Å². The number of unbranched alkanes of at least 4 members (excludes halogenated alkanes) is 3. The van der Waals surface area contributed by atoms with Crippen LogP contribution in [-0.4, -0.2) is 39.6 Å². The molecule has 6 nitrogen and oxygen atoms in total. The standard InChI is InChI=1S/C24H44N4O2/c1-10-11-12-13-14-22(30)27(16-18(2)3)17-21(29)25-20-15-19(23(4,5)6)26-28(20)24(7,8)9/h15,18H,10-14,16-17H2,1-9H3,(H,25,29). The Morgan fingerprint density at radius 3 is 2.23 bits per heavy atom. The van der Waals surface area contributed by atoms with E-state index in [1.165, 1.54) is 0 Å². The van der Waals surface area contributed by atoms with Gasteiger partial charge in [0.25, 0.3) is 0 Å². The Labute approximate surface area is 183 Å². The molecule has 0 aliphatic rings. The van der Waals surface area contributed by atoms with Crippen molar-refractivity contribution < 1.29 is 9.59 Å². The third kappa shape index (κ3) is 8.49. The van der Waals surface area contributed by atoms with Gasteiger partial charge in [-0.15, -0.1) is 0 Å². The number of anilines is 1. The second-order valence-electron chi connectivity index (χ2n) is 10.8. The van der Waals surface area contributed by atoms with Gasteiger partial charge in [0.2, 0.25) is 11.8 Å². The monoisotopic (exact) mass is 420 g/mol. The van der Waals surface area contributed by atoms with E-state index in [4.69, 9.17) is 5.10 Å². The molecule has 2 amide bonds. The van der Waals surface area contributed by atoms with E-state index in [1.807, 2.05) is 10.7 Å². The number of hydrogen-bond acceptors (Lipinski definition) is 3. The van der Waals surface area contributed by atoms with Crippen LogP contribution in [0, 0.1) is 5.92 Å². The number of carbonyl (C=O) groups excluding carboxylic acids is 2. The molecule has 0 saturated heterocycles. The van der Waals surface area contributed by atoms with Crippen molar-refractivity contribution >= 4 is 17.6 Å². The molecule has 1 rings (SSSR count). The summed E-state index contributed by atoms with van der Waals surface area (Å²) in [5.41, 5.74) is 0.547. The molecule has 0 atom stereocenters. The third-order valence-electron chi connectivity index (χ3n) is 4.90. The van der Waals surface area contributed by atoms with E-state index in [9.17, 15) is 9.59 Å². The number of hydrogen-bond donors (Lipinski definition) is 1. The summed E-state index contributed by atoms with van der Waals surface area (Å²) in [4.78, 5) is 27.3. The van der Waals surface area contributed by atoms with E-state index in [2.05, 4.69) is 67.6 Å². The van der Waals surface area contributed by atoms with E-state index in [0.717, 1.165) is 31.4 Å². The highest BCUT2D eigenvalue weighted by Gasteiger charge is 2.26. The molecule has 1 aromatic heterocycles. The van der Waals surface area contributed by atoms with Gasteiger partial charge in [0.15, 0.2) is 0 Å². The zero-order valence-corrected chi connectivity index (χ0v) is 20.8. The molecule has 0 aliphatic carbocycles. The summed E-state index contributed by atoms with van der Waals surface area (Å²) in [6.07, 6.45) is 4.74. The molecule has 0 aromatic carbocycles. The molecule has 0 radical (unpaired) electrons. The van der Waals surface area contributed by atoms with Crippen molar-refractivity contribution in [2.45, 2.75) is 105 Å². The van der Waals surface area contributed by atoms with Crippen molar-refractivity contribution in [1.82, 2.24) is 14.7 Å². The highest BCUT2D eigenvalue weighted by molar-refractivity contribution is 5.94. The molecule has 0 bridgehead atoms. The van der Waals surface area contributed by atoms with Crippen LogP contribution < -0.4 is 5.32 Å². The Morgan fingerprint density at radius 2 is 1.73 bits per heavy atom. The van der Waals surface area contributed by atoms with Crippen LogP contribution in [-0.2, 0) is 20.5 Å². The van der Waals surface area contributed by atoms with Gasteiger partial charge < -0.3 is 10.2 Å². The average Bonchev–Trinajstić information content (AvgIpc) is 3.02. The molecule has 1 heterocycles. The molecule has 0 saturated carbocycles. The fourth-order valence-corrected chi connectivity index (χ4v) is 3.26. The lowest BCUT2D eigenvalue weighted by Crippen LogP contribution is -2.40. The largest absolute Gasteiger partial charge is 0.333 e. The Hall–Kier alpha value is -1.85. The van der Waals surface area contributed by atoms with Crippen LogP contribution in [0.5, 0.6) is 0 Å². The van der Waals surface area contributed by atoms with Gasteiger partial charge in [-0.05, 0) is 33.1 Å². The highest BCUT2D eigenvalue weighted by Crippen LogP contribution is 2.28. The van der Waals surface area contributed by atoms with E-state index in [-0.39, 0.29) is 29.3 Å². The lowest BCUT2D eigenvalue weighted by Gasteiger charge is -2.25. The lowest BCUT2D eigenvalue weighted by atomic mass is 9.92. The number of nitrogens with zero attached hydrogens (tertiary/aromatic N) is 3. The summed E-state index contributed by atoms with van der Waals surface area (Å²) >= 11 is 0. The zero-order valence-electron chi connectivity index (χ0n) is 20.8. The van der Waals surface area contributed by atoms with Crippen LogP contribution in [0.15, 0.2) is 6.07 Å². The maximum atomic E-state index is 12.9. The average molecular weight is 421 g/mol. The van der Waals surface area contributed by atoms with Crippen LogP contribution in [0.4, 0.5) is 5.82 Å². The van der Waals surface area contributed by atoms with Crippen molar-refractivity contribution in [1.29, 1.82) is 0 Å². The van der Waals surface area contributed by atoms with E-state index in [0.29, 0.717) is 24.7 Å². The number of aromatic nitrogens is 2. The van der Waals surface area contributed by atoms with Crippen LogP contribution in [0.2, 0.25) is 0 Å². The van der Waals surface area contributed by atoms with Crippen molar-refractivity contribution in [2.75, 3.05) is 18.4 Å². The van der Waals surface area contributed by atoms with Crippen molar-refractivity contribution in [2.24, 2.45) is 5.92 Å². The summed E-state index contributed by atoms with van der Waals surface area (Å²) < 4.78 is 1.87. The molecule has 0 fully saturated rings. The number of rotatable bonds is 10. The summed E-state index contributed by atoms with van der Waals surface area (Å²) in [6.45, 7) is 19.5. The van der Waals surface area contributed by atoms with Gasteiger partial charge in [-0.25, -0.2) is 4.68 Å². The van der Waals surface area contributed by atoms with Gasteiger partial charge in [0.05, 0.1) is 17.8 Å². The minimum absolute atomic E-state index is 0.0645. The van der Waals surface area contributed by atoms with Crippen LogP contribution in [0.1, 0.15) is 100 Å². The molecule has 0 spiro atoms. The first-order valence-electron chi connectivity index (χ1n) is 11.4. The van der Waals surface area contributed by atoms with Gasteiger partial charge >= 0.3 is 0 Å².